The van der Waals surface area contributed by atoms with E-state index in [2.05, 4.69) is 65.3 Å². The van der Waals surface area contributed by atoms with Crippen LogP contribution in [0.1, 0.15) is 16.7 Å². The minimum absolute atomic E-state index is 0.645. The molecule has 0 saturated heterocycles. The van der Waals surface area contributed by atoms with Crippen LogP contribution in [0.4, 0.5) is 0 Å². The Morgan fingerprint density at radius 2 is 1.84 bits per heavy atom. The van der Waals surface area contributed by atoms with Gasteiger partial charge in [0.05, 0.1) is 12.6 Å². The molecule has 4 aromatic rings. The Hall–Kier alpha value is -3.37. The molecule has 0 spiro atoms. The molecule has 0 bridgehead atoms. The summed E-state index contributed by atoms with van der Waals surface area (Å²) in [7, 11) is 1.70. The highest BCUT2D eigenvalue weighted by Crippen LogP contribution is 2.38. The molecule has 3 aromatic carbocycles. The first-order valence-electron chi connectivity index (χ1n) is 10.7. The summed E-state index contributed by atoms with van der Waals surface area (Å²) in [5.41, 5.74) is 6.92. The molecule has 0 atom stereocenters. The second-order valence-corrected chi connectivity index (χ2v) is 8.13. The van der Waals surface area contributed by atoms with Gasteiger partial charge in [0.1, 0.15) is 6.61 Å². The first-order chi connectivity index (χ1) is 15.2. The molecular weight excluding hydrogens is 384 g/mol. The van der Waals surface area contributed by atoms with E-state index in [1.165, 1.54) is 11.1 Å². The standard InChI is InChI=1S/C27H26N2O2/c1-19-7-9-20(10-8-19)17-29-11-12-31-27-24(18-29)14-22(15-26(27)30-2)23-13-21-5-3-4-6-25(21)28-16-23/h3-10,13-16H,11-12,17-18H2,1-2H3. The lowest BCUT2D eigenvalue weighted by molar-refractivity contribution is 0.217. The van der Waals surface area contributed by atoms with Crippen molar-refractivity contribution in [2.45, 2.75) is 20.0 Å². The topological polar surface area (TPSA) is 34.6 Å². The Balaban J connectivity index is 1.50. The molecule has 4 heteroatoms. The number of aryl methyl sites for hydroxylation is 1. The number of para-hydroxylation sites is 1. The van der Waals surface area contributed by atoms with Gasteiger partial charge in [0.15, 0.2) is 11.5 Å². The molecule has 5 rings (SSSR count). The zero-order valence-electron chi connectivity index (χ0n) is 18.0. The number of hydrogen-bond donors (Lipinski definition) is 0. The molecule has 0 unspecified atom stereocenters. The van der Waals surface area contributed by atoms with Crippen molar-refractivity contribution in [3.63, 3.8) is 0 Å². The van der Waals surface area contributed by atoms with Crippen LogP contribution in [0.3, 0.4) is 0 Å². The molecule has 2 heterocycles. The van der Waals surface area contributed by atoms with Crippen LogP contribution in [-0.2, 0) is 13.1 Å². The highest BCUT2D eigenvalue weighted by Gasteiger charge is 2.21. The van der Waals surface area contributed by atoms with Gasteiger partial charge in [-0.2, -0.15) is 0 Å². The minimum atomic E-state index is 0.645. The molecule has 0 aliphatic carbocycles. The van der Waals surface area contributed by atoms with Crippen molar-refractivity contribution in [1.82, 2.24) is 9.88 Å². The predicted molar refractivity (Wildman–Crippen MR) is 125 cm³/mol. The summed E-state index contributed by atoms with van der Waals surface area (Å²) in [6.45, 7) is 5.35. The Morgan fingerprint density at radius 1 is 1.00 bits per heavy atom. The van der Waals surface area contributed by atoms with Crippen LogP contribution in [0.2, 0.25) is 0 Å². The van der Waals surface area contributed by atoms with Crippen LogP contribution in [-0.4, -0.2) is 30.1 Å². The van der Waals surface area contributed by atoms with Crippen molar-refractivity contribution in [2.75, 3.05) is 20.3 Å². The van der Waals surface area contributed by atoms with Crippen LogP contribution in [0.5, 0.6) is 11.5 Å². The number of pyridine rings is 1. The first kappa shape index (κ1) is 19.6. The third-order valence-corrected chi connectivity index (χ3v) is 5.85. The van der Waals surface area contributed by atoms with Gasteiger partial charge in [-0.15, -0.1) is 0 Å². The lowest BCUT2D eigenvalue weighted by Crippen LogP contribution is -2.25. The molecule has 0 amide bonds. The number of hydrogen-bond acceptors (Lipinski definition) is 4. The van der Waals surface area contributed by atoms with Crippen molar-refractivity contribution < 1.29 is 9.47 Å². The van der Waals surface area contributed by atoms with Gasteiger partial charge in [-0.05, 0) is 42.3 Å². The number of benzene rings is 3. The van der Waals surface area contributed by atoms with Crippen LogP contribution in [0, 0.1) is 6.92 Å². The van der Waals surface area contributed by atoms with Crippen molar-refractivity contribution in [3.05, 3.63) is 89.6 Å². The van der Waals surface area contributed by atoms with Gasteiger partial charge in [-0.25, -0.2) is 0 Å². The lowest BCUT2D eigenvalue weighted by Gasteiger charge is -2.20. The zero-order valence-corrected chi connectivity index (χ0v) is 18.0. The fourth-order valence-electron chi connectivity index (χ4n) is 4.17. The third-order valence-electron chi connectivity index (χ3n) is 5.85. The normalized spacial score (nSPS) is 14.0. The van der Waals surface area contributed by atoms with Crippen LogP contribution in [0.25, 0.3) is 22.0 Å². The van der Waals surface area contributed by atoms with Crippen molar-refractivity contribution in [1.29, 1.82) is 0 Å². The smallest absolute Gasteiger partial charge is 0.165 e. The Labute approximate surface area is 183 Å². The van der Waals surface area contributed by atoms with Gasteiger partial charge in [-0.1, -0.05) is 48.0 Å². The maximum atomic E-state index is 6.14. The lowest BCUT2D eigenvalue weighted by atomic mass is 10.0. The van der Waals surface area contributed by atoms with E-state index >= 15 is 0 Å². The van der Waals surface area contributed by atoms with E-state index in [9.17, 15) is 0 Å². The summed E-state index contributed by atoms with van der Waals surface area (Å²) < 4.78 is 11.9. The van der Waals surface area contributed by atoms with E-state index in [1.807, 2.05) is 24.4 Å². The third kappa shape index (κ3) is 4.12. The minimum Gasteiger partial charge on any atom is -0.493 e. The number of methoxy groups -OCH3 is 1. The molecule has 1 aliphatic heterocycles. The SMILES string of the molecule is COc1cc(-c2cnc3ccccc3c2)cc2c1OCCN(Cc1ccc(C)cc1)C2. The van der Waals surface area contributed by atoms with Gasteiger partial charge in [-0.3, -0.25) is 9.88 Å². The maximum Gasteiger partial charge on any atom is 0.165 e. The van der Waals surface area contributed by atoms with E-state index in [4.69, 9.17) is 9.47 Å². The molecule has 31 heavy (non-hydrogen) atoms. The van der Waals surface area contributed by atoms with Crippen LogP contribution >= 0.6 is 0 Å². The van der Waals surface area contributed by atoms with E-state index < -0.39 is 0 Å². The van der Waals surface area contributed by atoms with Gasteiger partial charge in [0.2, 0.25) is 0 Å². The zero-order chi connectivity index (χ0) is 21.2. The van der Waals surface area contributed by atoms with Crippen molar-refractivity contribution >= 4 is 10.9 Å². The monoisotopic (exact) mass is 410 g/mol. The average molecular weight is 411 g/mol. The largest absolute Gasteiger partial charge is 0.493 e. The quantitative estimate of drug-likeness (QED) is 0.438. The summed E-state index contributed by atoms with van der Waals surface area (Å²) in [6.07, 6.45) is 1.94. The summed E-state index contributed by atoms with van der Waals surface area (Å²) in [4.78, 5) is 7.07. The van der Waals surface area contributed by atoms with E-state index in [-0.39, 0.29) is 0 Å². The summed E-state index contributed by atoms with van der Waals surface area (Å²) in [5.74, 6) is 1.63. The second kappa shape index (κ2) is 8.40. The van der Waals surface area contributed by atoms with Crippen molar-refractivity contribution in [2.24, 2.45) is 0 Å². The summed E-state index contributed by atoms with van der Waals surface area (Å²) >= 11 is 0. The summed E-state index contributed by atoms with van der Waals surface area (Å²) in [6, 6.07) is 23.4. The predicted octanol–water partition coefficient (Wildman–Crippen LogP) is 5.61. The van der Waals surface area contributed by atoms with E-state index in [0.29, 0.717) is 6.61 Å². The number of fused-ring (bicyclic) bond motifs is 2. The highest BCUT2D eigenvalue weighted by atomic mass is 16.5. The Kier molecular flexibility index (Phi) is 5.31. The van der Waals surface area contributed by atoms with Crippen LogP contribution in [0.15, 0.2) is 72.9 Å². The van der Waals surface area contributed by atoms with Crippen molar-refractivity contribution in [3.8, 4) is 22.6 Å². The Bertz CT molecular complexity index is 1220. The van der Waals surface area contributed by atoms with E-state index in [1.54, 1.807) is 7.11 Å². The highest BCUT2D eigenvalue weighted by molar-refractivity contribution is 5.84. The number of rotatable bonds is 4. The molecule has 0 saturated carbocycles. The van der Waals surface area contributed by atoms with Gasteiger partial charge >= 0.3 is 0 Å². The molecular formula is C27H26N2O2. The fourth-order valence-corrected chi connectivity index (χ4v) is 4.17. The number of ether oxygens (including phenoxy) is 2. The molecule has 0 N–H and O–H groups in total. The second-order valence-electron chi connectivity index (χ2n) is 8.13. The van der Waals surface area contributed by atoms with Crippen LogP contribution < -0.4 is 9.47 Å². The molecule has 156 valence electrons. The molecule has 4 nitrogen and oxygen atoms in total. The number of nitrogens with zero attached hydrogens (tertiary/aromatic N) is 2. The average Bonchev–Trinajstić information content (AvgIpc) is 3.01. The van der Waals surface area contributed by atoms with E-state index in [0.717, 1.165) is 58.7 Å². The maximum absolute atomic E-state index is 6.14. The molecule has 1 aliphatic rings. The first-order valence-corrected chi connectivity index (χ1v) is 10.7. The Morgan fingerprint density at radius 3 is 2.68 bits per heavy atom. The molecule has 0 fully saturated rings. The van der Waals surface area contributed by atoms with Gasteiger partial charge in [0, 0.05) is 42.3 Å². The van der Waals surface area contributed by atoms with Gasteiger partial charge < -0.3 is 9.47 Å². The fraction of sp³-hybridized carbons (Fsp3) is 0.222. The number of aromatic nitrogens is 1. The van der Waals surface area contributed by atoms with Gasteiger partial charge in [0.25, 0.3) is 0 Å². The molecule has 0 radical (unpaired) electrons. The molecule has 1 aromatic heterocycles. The summed E-state index contributed by atoms with van der Waals surface area (Å²) in [5, 5.41) is 1.13.